The van der Waals surface area contributed by atoms with Crippen molar-refractivity contribution in [1.29, 1.82) is 0 Å². The van der Waals surface area contributed by atoms with E-state index in [4.69, 9.17) is 11.6 Å². The van der Waals surface area contributed by atoms with Crippen LogP contribution in [0.3, 0.4) is 0 Å². The Kier molecular flexibility index (Phi) is 5.64. The van der Waals surface area contributed by atoms with Crippen LogP contribution in [0.5, 0.6) is 0 Å². The third-order valence-electron chi connectivity index (χ3n) is 2.17. The van der Waals surface area contributed by atoms with Crippen LogP contribution in [0.1, 0.15) is 12.0 Å². The summed E-state index contributed by atoms with van der Waals surface area (Å²) in [6.45, 7) is 0. The Labute approximate surface area is 118 Å². The number of anilines is 1. The van der Waals surface area contributed by atoms with E-state index in [0.29, 0.717) is 11.6 Å². The van der Waals surface area contributed by atoms with Gasteiger partial charge in [-0.15, -0.1) is 11.6 Å². The lowest BCUT2D eigenvalue weighted by Crippen LogP contribution is -2.22. The van der Waals surface area contributed by atoms with Crippen LogP contribution in [0.4, 0.5) is 5.69 Å². The molecule has 0 aliphatic carbocycles. The first-order valence-corrected chi connectivity index (χ1v) is 9.80. The highest BCUT2D eigenvalue weighted by Gasteiger charge is 2.18. The number of alkyl halides is 1. The van der Waals surface area contributed by atoms with E-state index >= 15 is 0 Å². The molecule has 0 bridgehead atoms. The van der Waals surface area contributed by atoms with Crippen molar-refractivity contribution in [1.82, 2.24) is 0 Å². The minimum Gasteiger partial charge on any atom is -0.283 e. The summed E-state index contributed by atoms with van der Waals surface area (Å²) in [4.78, 5) is 0. The summed E-state index contributed by atoms with van der Waals surface area (Å²) in [7, 11) is -7.49. The maximum Gasteiger partial charge on any atom is 0.247 e. The van der Waals surface area contributed by atoms with E-state index in [-0.39, 0.29) is 0 Å². The highest BCUT2D eigenvalue weighted by atomic mass is 35.5. The lowest BCUT2D eigenvalue weighted by atomic mass is 10.1. The molecule has 108 valence electrons. The van der Waals surface area contributed by atoms with E-state index in [9.17, 15) is 16.8 Å². The molecular formula is C11H16ClNO4S2. The van der Waals surface area contributed by atoms with Gasteiger partial charge in [-0.2, -0.15) is 0 Å². The molecule has 5 nitrogen and oxygen atoms in total. The lowest BCUT2D eigenvalue weighted by molar-refractivity contribution is 0.595. The van der Waals surface area contributed by atoms with Crippen molar-refractivity contribution in [3.8, 4) is 0 Å². The number of sulfone groups is 1. The second-order valence-electron chi connectivity index (χ2n) is 4.25. The molecule has 0 spiro atoms. The van der Waals surface area contributed by atoms with Crippen molar-refractivity contribution in [3.05, 3.63) is 29.8 Å². The van der Waals surface area contributed by atoms with E-state index in [1.807, 2.05) is 6.07 Å². The fourth-order valence-corrected chi connectivity index (χ4v) is 4.66. The molecule has 1 aromatic rings. The van der Waals surface area contributed by atoms with Gasteiger partial charge in [0.05, 0.1) is 0 Å². The van der Waals surface area contributed by atoms with Gasteiger partial charge in [0.25, 0.3) is 0 Å². The zero-order valence-electron chi connectivity index (χ0n) is 10.5. The van der Waals surface area contributed by atoms with Crippen molar-refractivity contribution in [2.24, 2.45) is 0 Å². The molecule has 0 unspecified atom stereocenters. The average Bonchev–Trinajstić information content (AvgIpc) is 2.22. The fraction of sp³-hybridized carbons (Fsp3) is 0.455. The van der Waals surface area contributed by atoms with E-state index in [1.165, 1.54) is 0 Å². The highest BCUT2D eigenvalue weighted by molar-refractivity contribution is 8.08. The van der Waals surface area contributed by atoms with Gasteiger partial charge in [0.15, 0.2) is 14.9 Å². The second-order valence-corrected chi connectivity index (χ2v) is 8.86. The van der Waals surface area contributed by atoms with Crippen molar-refractivity contribution < 1.29 is 16.8 Å². The van der Waals surface area contributed by atoms with Crippen LogP contribution in [0, 0.1) is 0 Å². The Morgan fingerprint density at radius 2 is 1.89 bits per heavy atom. The van der Waals surface area contributed by atoms with Crippen LogP contribution < -0.4 is 4.72 Å². The van der Waals surface area contributed by atoms with Gasteiger partial charge >= 0.3 is 0 Å². The van der Waals surface area contributed by atoms with Gasteiger partial charge in [-0.25, -0.2) is 16.8 Å². The fourth-order valence-electron chi connectivity index (χ4n) is 1.55. The summed E-state index contributed by atoms with van der Waals surface area (Å²) in [6, 6.07) is 6.82. The SMILES string of the molecule is CS(=O)(=O)CS(=O)(=O)Nc1cccc(CCCCl)c1. The summed E-state index contributed by atoms with van der Waals surface area (Å²) in [6.07, 6.45) is 2.41. The van der Waals surface area contributed by atoms with Crippen LogP contribution in [0.2, 0.25) is 0 Å². The summed E-state index contributed by atoms with van der Waals surface area (Å²) >= 11 is 5.59. The number of rotatable bonds is 7. The summed E-state index contributed by atoms with van der Waals surface area (Å²) in [5, 5.41) is -0.925. The van der Waals surface area contributed by atoms with Gasteiger partial charge in [0.1, 0.15) is 0 Å². The van der Waals surface area contributed by atoms with Crippen LogP contribution in [0.15, 0.2) is 24.3 Å². The van der Waals surface area contributed by atoms with Crippen molar-refractivity contribution in [2.45, 2.75) is 12.8 Å². The molecular weight excluding hydrogens is 310 g/mol. The van der Waals surface area contributed by atoms with Crippen LogP contribution in [-0.2, 0) is 26.3 Å². The molecule has 0 aliphatic heterocycles. The topological polar surface area (TPSA) is 80.3 Å². The molecule has 8 heteroatoms. The van der Waals surface area contributed by atoms with Gasteiger partial charge in [-0.1, -0.05) is 12.1 Å². The van der Waals surface area contributed by atoms with E-state index in [0.717, 1.165) is 24.7 Å². The van der Waals surface area contributed by atoms with Crippen LogP contribution in [0.25, 0.3) is 0 Å². The smallest absolute Gasteiger partial charge is 0.247 e. The predicted octanol–water partition coefficient (Wildman–Crippen LogP) is 1.60. The third-order valence-corrected chi connectivity index (χ3v) is 5.94. The molecule has 0 atom stereocenters. The Balaban J connectivity index is 2.82. The minimum atomic E-state index is -3.89. The maximum atomic E-state index is 11.6. The summed E-state index contributed by atoms with van der Waals surface area (Å²) < 4.78 is 47.5. The quantitative estimate of drug-likeness (QED) is 0.772. The first kappa shape index (κ1) is 16.3. The molecule has 19 heavy (non-hydrogen) atoms. The molecule has 1 N–H and O–H groups in total. The largest absolute Gasteiger partial charge is 0.283 e. The highest BCUT2D eigenvalue weighted by Crippen LogP contribution is 2.14. The average molecular weight is 326 g/mol. The van der Waals surface area contributed by atoms with Gasteiger partial charge in [0, 0.05) is 17.8 Å². The number of benzene rings is 1. The maximum absolute atomic E-state index is 11.6. The molecule has 1 rings (SSSR count). The number of sulfonamides is 1. The van der Waals surface area contributed by atoms with E-state index < -0.39 is 24.9 Å². The molecule has 0 aliphatic rings. The Bertz CT molecular complexity index is 626. The third kappa shape index (κ3) is 6.79. The minimum absolute atomic E-state index is 0.357. The number of nitrogens with one attached hydrogen (secondary N) is 1. The van der Waals surface area contributed by atoms with Crippen molar-refractivity contribution in [2.75, 3.05) is 21.9 Å². The zero-order chi connectivity index (χ0) is 14.5. The first-order valence-electron chi connectivity index (χ1n) is 5.55. The molecule has 0 saturated heterocycles. The molecule has 0 saturated carbocycles. The van der Waals surface area contributed by atoms with Gasteiger partial charge in [-0.05, 0) is 30.5 Å². The van der Waals surface area contributed by atoms with Crippen LogP contribution >= 0.6 is 11.6 Å². The Morgan fingerprint density at radius 3 is 2.47 bits per heavy atom. The molecule has 0 amide bonds. The normalized spacial score (nSPS) is 12.3. The monoisotopic (exact) mass is 325 g/mol. The number of hydrogen-bond donors (Lipinski definition) is 1. The molecule has 0 aromatic heterocycles. The number of aryl methyl sites for hydroxylation is 1. The standard InChI is InChI=1S/C11H16ClNO4S2/c1-18(14,15)9-19(16,17)13-11-6-2-4-10(8-11)5-3-7-12/h2,4,6,8,13H,3,5,7,9H2,1H3. The van der Waals surface area contributed by atoms with Gasteiger partial charge in [-0.3, -0.25) is 4.72 Å². The molecule has 0 radical (unpaired) electrons. The van der Waals surface area contributed by atoms with Gasteiger partial charge in [0.2, 0.25) is 10.0 Å². The molecule has 0 fully saturated rings. The van der Waals surface area contributed by atoms with E-state index in [1.54, 1.807) is 18.2 Å². The van der Waals surface area contributed by atoms with Crippen molar-refractivity contribution >= 4 is 37.1 Å². The Hall–Kier alpha value is -0.790. The van der Waals surface area contributed by atoms with E-state index in [2.05, 4.69) is 4.72 Å². The molecule has 1 aromatic carbocycles. The predicted molar refractivity (Wildman–Crippen MR) is 77.7 cm³/mol. The van der Waals surface area contributed by atoms with Crippen LogP contribution in [-0.4, -0.2) is 34.1 Å². The summed E-state index contributed by atoms with van der Waals surface area (Å²) in [5.41, 5.74) is 1.30. The number of hydrogen-bond acceptors (Lipinski definition) is 4. The zero-order valence-corrected chi connectivity index (χ0v) is 12.9. The summed E-state index contributed by atoms with van der Waals surface area (Å²) in [5.74, 6) is 0.532. The number of halogens is 1. The second kappa shape index (κ2) is 6.58. The lowest BCUT2D eigenvalue weighted by Gasteiger charge is -2.08. The van der Waals surface area contributed by atoms with Gasteiger partial charge < -0.3 is 0 Å². The Morgan fingerprint density at radius 1 is 1.21 bits per heavy atom. The first-order chi connectivity index (χ1) is 8.72. The van der Waals surface area contributed by atoms with Crippen molar-refractivity contribution in [3.63, 3.8) is 0 Å². The molecule has 0 heterocycles.